The van der Waals surface area contributed by atoms with Gasteiger partial charge in [-0.3, -0.25) is 24.0 Å². The molecular weight excluding hydrogens is 684 g/mol. The number of nitro groups is 1. The molecule has 1 unspecified atom stereocenters. The monoisotopic (exact) mass is 718 g/mol. The fraction of sp³-hybridized carbons (Fsp3) is 0.257. The van der Waals surface area contributed by atoms with Crippen LogP contribution >= 0.6 is 15.9 Å². The summed E-state index contributed by atoms with van der Waals surface area (Å²) in [5.74, 6) is -0.915. The third kappa shape index (κ3) is 8.63. The van der Waals surface area contributed by atoms with E-state index in [9.17, 15) is 28.1 Å². The third-order valence-corrected chi connectivity index (χ3v) is 10.5. The molecule has 0 aliphatic heterocycles. The van der Waals surface area contributed by atoms with Crippen molar-refractivity contribution < 1.29 is 22.9 Å². The molecule has 12 heteroatoms. The van der Waals surface area contributed by atoms with Crippen molar-refractivity contribution in [3.63, 3.8) is 0 Å². The Morgan fingerprint density at radius 1 is 0.872 bits per heavy atom. The first-order valence-corrected chi connectivity index (χ1v) is 17.6. The summed E-state index contributed by atoms with van der Waals surface area (Å²) in [7, 11) is -4.31. The van der Waals surface area contributed by atoms with Gasteiger partial charge in [0.05, 0.1) is 15.5 Å². The number of amides is 2. The molecule has 10 nitrogen and oxygen atoms in total. The van der Waals surface area contributed by atoms with Crippen LogP contribution in [0.2, 0.25) is 0 Å². The molecule has 1 fully saturated rings. The van der Waals surface area contributed by atoms with E-state index in [0.29, 0.717) is 0 Å². The normalized spacial score (nSPS) is 13.9. The maximum atomic E-state index is 14.6. The van der Waals surface area contributed by atoms with Crippen molar-refractivity contribution in [2.45, 2.75) is 55.6 Å². The van der Waals surface area contributed by atoms with E-state index >= 15 is 0 Å². The number of hydrogen-bond donors (Lipinski definition) is 1. The third-order valence-electron chi connectivity index (χ3n) is 8.17. The van der Waals surface area contributed by atoms with Gasteiger partial charge in [-0.05, 0) is 60.4 Å². The number of nitro benzene ring substituents is 1. The van der Waals surface area contributed by atoms with Crippen LogP contribution in [0.1, 0.15) is 36.8 Å². The Morgan fingerprint density at radius 2 is 1.49 bits per heavy atom. The first-order chi connectivity index (χ1) is 22.6. The van der Waals surface area contributed by atoms with Gasteiger partial charge in [-0.2, -0.15) is 0 Å². The Hall–Kier alpha value is -4.55. The van der Waals surface area contributed by atoms with Crippen molar-refractivity contribution in [1.29, 1.82) is 0 Å². The number of halogens is 1. The number of anilines is 1. The molecule has 2 amide bonds. The van der Waals surface area contributed by atoms with E-state index in [2.05, 4.69) is 21.2 Å². The summed E-state index contributed by atoms with van der Waals surface area (Å²) in [6.07, 6.45) is 3.94. The molecule has 47 heavy (non-hydrogen) atoms. The number of non-ortho nitro benzene ring substituents is 1. The second-order valence-electron chi connectivity index (χ2n) is 11.4. The Kier molecular flexibility index (Phi) is 11.0. The van der Waals surface area contributed by atoms with Gasteiger partial charge in [0.2, 0.25) is 11.8 Å². The number of benzene rings is 4. The molecule has 1 aliphatic rings. The predicted molar refractivity (Wildman–Crippen MR) is 183 cm³/mol. The Balaban J connectivity index is 1.57. The van der Waals surface area contributed by atoms with E-state index in [1.807, 2.05) is 54.6 Å². The Bertz CT molecular complexity index is 1800. The topological polar surface area (TPSA) is 130 Å². The summed E-state index contributed by atoms with van der Waals surface area (Å²) >= 11 is 3.49. The number of sulfonamides is 1. The fourth-order valence-electron chi connectivity index (χ4n) is 5.74. The van der Waals surface area contributed by atoms with E-state index in [0.717, 1.165) is 45.6 Å². The number of nitrogens with zero attached hydrogens (tertiary/aromatic N) is 3. The number of carbonyl (C=O) groups is 2. The Labute approximate surface area is 282 Å². The van der Waals surface area contributed by atoms with E-state index in [1.54, 1.807) is 18.2 Å². The lowest BCUT2D eigenvalue weighted by molar-refractivity contribution is -0.384. The lowest BCUT2D eigenvalue weighted by Crippen LogP contribution is -2.54. The molecular formula is C35H35BrN4O6S. The number of carbonyl (C=O) groups excluding carboxylic acids is 2. The van der Waals surface area contributed by atoms with Gasteiger partial charge in [-0.1, -0.05) is 89.4 Å². The van der Waals surface area contributed by atoms with Crippen molar-refractivity contribution >= 4 is 49.1 Å². The van der Waals surface area contributed by atoms with Gasteiger partial charge in [0.25, 0.3) is 15.7 Å². The highest BCUT2D eigenvalue weighted by Gasteiger charge is 2.35. The maximum absolute atomic E-state index is 14.6. The fourth-order valence-corrected chi connectivity index (χ4v) is 7.62. The van der Waals surface area contributed by atoms with Crippen LogP contribution in [0.15, 0.2) is 119 Å². The molecule has 0 aromatic heterocycles. The van der Waals surface area contributed by atoms with Crippen molar-refractivity contribution in [3.05, 3.63) is 135 Å². The van der Waals surface area contributed by atoms with E-state index < -0.39 is 33.4 Å². The molecule has 1 aliphatic carbocycles. The van der Waals surface area contributed by atoms with Gasteiger partial charge in [-0.25, -0.2) is 8.42 Å². The predicted octanol–water partition coefficient (Wildman–Crippen LogP) is 6.25. The van der Waals surface area contributed by atoms with E-state index in [1.165, 1.54) is 41.3 Å². The molecule has 0 heterocycles. The number of hydrogen-bond acceptors (Lipinski definition) is 6. The van der Waals surface area contributed by atoms with Crippen molar-refractivity contribution in [1.82, 2.24) is 10.2 Å². The summed E-state index contributed by atoms with van der Waals surface area (Å²) in [5, 5.41) is 14.5. The van der Waals surface area contributed by atoms with Crippen LogP contribution in [0, 0.1) is 10.1 Å². The van der Waals surface area contributed by atoms with E-state index in [4.69, 9.17) is 0 Å². The molecule has 1 N–H and O–H groups in total. The van der Waals surface area contributed by atoms with Crippen LogP contribution in [-0.4, -0.2) is 48.7 Å². The van der Waals surface area contributed by atoms with Crippen molar-refractivity contribution in [2.75, 3.05) is 10.8 Å². The van der Waals surface area contributed by atoms with Gasteiger partial charge in [-0.15, -0.1) is 0 Å². The molecule has 0 radical (unpaired) electrons. The zero-order valence-electron chi connectivity index (χ0n) is 25.6. The Morgan fingerprint density at radius 3 is 2.11 bits per heavy atom. The minimum Gasteiger partial charge on any atom is -0.352 e. The molecule has 244 valence electrons. The van der Waals surface area contributed by atoms with Crippen LogP contribution in [0.4, 0.5) is 11.4 Å². The highest BCUT2D eigenvalue weighted by molar-refractivity contribution is 9.10. The SMILES string of the molecule is O=C(NC1CCCC1)C(Cc1ccccc1)N(Cc1cccc(Br)c1)C(=O)CN(c1ccc([N+](=O)[O-])cc1)S(=O)(=O)c1ccccc1. The average molecular weight is 720 g/mol. The molecule has 0 saturated heterocycles. The zero-order valence-corrected chi connectivity index (χ0v) is 28.0. The minimum absolute atomic E-state index is 0.00124. The standard InChI is InChI=1S/C35H35BrN4O6S/c36-28-13-9-12-27(22-28)24-38(33(23-26-10-3-1-4-11-26)35(42)37-29-14-7-8-15-29)34(41)25-39(30-18-20-31(21-19-30)40(43)44)47(45,46)32-16-5-2-6-17-32/h1-6,9-13,16-22,29,33H,7-8,14-15,23-25H2,(H,37,42). The van der Waals surface area contributed by atoms with Gasteiger partial charge < -0.3 is 10.2 Å². The summed E-state index contributed by atoms with van der Waals surface area (Å²) in [6.45, 7) is -0.613. The highest BCUT2D eigenvalue weighted by atomic mass is 79.9. The first kappa shape index (κ1) is 33.8. The summed E-state index contributed by atoms with van der Waals surface area (Å²) in [6, 6.07) is 28.5. The second-order valence-corrected chi connectivity index (χ2v) is 14.2. The lowest BCUT2D eigenvalue weighted by Gasteiger charge is -2.34. The largest absolute Gasteiger partial charge is 0.352 e. The molecule has 4 aromatic rings. The van der Waals surface area contributed by atoms with Gasteiger partial charge in [0.1, 0.15) is 12.6 Å². The molecule has 5 rings (SSSR count). The van der Waals surface area contributed by atoms with Crippen molar-refractivity contribution in [2.24, 2.45) is 0 Å². The lowest BCUT2D eigenvalue weighted by atomic mass is 10.0. The summed E-state index contributed by atoms with van der Waals surface area (Å²) < 4.78 is 29.9. The minimum atomic E-state index is -4.31. The van der Waals surface area contributed by atoms with Crippen LogP contribution in [0.3, 0.4) is 0 Å². The van der Waals surface area contributed by atoms with Crippen molar-refractivity contribution in [3.8, 4) is 0 Å². The molecule has 1 saturated carbocycles. The average Bonchev–Trinajstić information content (AvgIpc) is 3.59. The van der Waals surface area contributed by atoms with Crippen LogP contribution in [0.5, 0.6) is 0 Å². The van der Waals surface area contributed by atoms with Gasteiger partial charge >= 0.3 is 0 Å². The van der Waals surface area contributed by atoms with Gasteiger partial charge in [0.15, 0.2) is 0 Å². The quantitative estimate of drug-likeness (QED) is 0.129. The number of rotatable bonds is 13. The molecule has 1 atom stereocenters. The second kappa shape index (κ2) is 15.4. The highest BCUT2D eigenvalue weighted by Crippen LogP contribution is 2.27. The van der Waals surface area contributed by atoms with Gasteiger partial charge in [0, 0.05) is 35.6 Å². The molecule has 4 aromatic carbocycles. The summed E-state index contributed by atoms with van der Waals surface area (Å²) in [5.41, 5.74) is 1.44. The molecule has 0 spiro atoms. The first-order valence-electron chi connectivity index (χ1n) is 15.3. The smallest absolute Gasteiger partial charge is 0.269 e. The molecule has 0 bridgehead atoms. The number of nitrogens with one attached hydrogen (secondary N) is 1. The van der Waals surface area contributed by atoms with Crippen LogP contribution in [0.25, 0.3) is 0 Å². The zero-order chi connectivity index (χ0) is 33.4. The maximum Gasteiger partial charge on any atom is 0.269 e. The van der Waals surface area contributed by atoms with Crippen LogP contribution < -0.4 is 9.62 Å². The summed E-state index contributed by atoms with van der Waals surface area (Å²) in [4.78, 5) is 40.8. The van der Waals surface area contributed by atoms with E-state index in [-0.39, 0.29) is 41.2 Å². The van der Waals surface area contributed by atoms with Crippen LogP contribution in [-0.2, 0) is 32.6 Å².